The van der Waals surface area contributed by atoms with Crippen LogP contribution in [0.5, 0.6) is 5.75 Å². The lowest BCUT2D eigenvalue weighted by molar-refractivity contribution is -0.138. The van der Waals surface area contributed by atoms with Gasteiger partial charge in [-0.05, 0) is 79.4 Å². The molecule has 0 aliphatic carbocycles. The zero-order chi connectivity index (χ0) is 34.1. The van der Waals surface area contributed by atoms with Crippen molar-refractivity contribution in [1.29, 1.82) is 0 Å². The summed E-state index contributed by atoms with van der Waals surface area (Å²) in [5.74, 6) is 0.0966. The number of carbonyl (C=O) groups is 1. The van der Waals surface area contributed by atoms with Gasteiger partial charge in [-0.25, -0.2) is 9.79 Å². The molecule has 49 heavy (non-hydrogen) atoms. The number of thiazole rings is 1. The Kier molecular flexibility index (Phi) is 8.72. The predicted molar refractivity (Wildman–Crippen MR) is 195 cm³/mol. The number of hydrogen-bond acceptors (Lipinski definition) is 6. The molecular formula is C41H35N3O4S. The van der Waals surface area contributed by atoms with Gasteiger partial charge in [-0.1, -0.05) is 96.3 Å². The summed E-state index contributed by atoms with van der Waals surface area (Å²) in [5.41, 5.74) is 8.38. The highest BCUT2D eigenvalue weighted by molar-refractivity contribution is 7.07. The SMILES string of the molecule is CCOC(=O)C1=C(c2ccccc2)N=c2s/c(=C\c3cc(C)n(-c4ccc(-c5ccccc5)cc4)c3C)c(=O)n2[C@H]1c1cccc(OC)c1. The van der Waals surface area contributed by atoms with E-state index in [0.717, 1.165) is 39.3 Å². The largest absolute Gasteiger partial charge is 0.497 e. The van der Waals surface area contributed by atoms with Crippen molar-refractivity contribution in [1.82, 2.24) is 9.13 Å². The first kappa shape index (κ1) is 31.8. The first-order valence-corrected chi connectivity index (χ1v) is 17.0. The van der Waals surface area contributed by atoms with Gasteiger partial charge in [-0.15, -0.1) is 0 Å². The molecule has 8 heteroatoms. The number of esters is 1. The Bertz CT molecular complexity index is 2390. The molecule has 7 rings (SSSR count). The molecule has 3 heterocycles. The molecule has 0 fully saturated rings. The molecular weight excluding hydrogens is 631 g/mol. The molecule has 0 radical (unpaired) electrons. The first-order chi connectivity index (χ1) is 23.9. The normalized spacial score (nSPS) is 14.4. The van der Waals surface area contributed by atoms with Crippen LogP contribution in [0.25, 0.3) is 28.6 Å². The summed E-state index contributed by atoms with van der Waals surface area (Å²) in [6.07, 6.45) is 1.93. The topological polar surface area (TPSA) is 74.8 Å². The van der Waals surface area contributed by atoms with E-state index < -0.39 is 12.0 Å². The second-order valence-corrected chi connectivity index (χ2v) is 12.8. The molecule has 1 aliphatic rings. The number of rotatable bonds is 8. The number of benzene rings is 4. The minimum absolute atomic E-state index is 0.185. The van der Waals surface area contributed by atoms with E-state index in [-0.39, 0.29) is 12.2 Å². The molecule has 0 bridgehead atoms. The molecule has 1 atom stereocenters. The van der Waals surface area contributed by atoms with E-state index in [1.54, 1.807) is 18.6 Å². The van der Waals surface area contributed by atoms with Gasteiger partial charge >= 0.3 is 5.97 Å². The Hall–Kier alpha value is -5.73. The van der Waals surface area contributed by atoms with E-state index in [1.807, 2.05) is 78.9 Å². The maximum Gasteiger partial charge on any atom is 0.338 e. The third-order valence-electron chi connectivity index (χ3n) is 8.77. The van der Waals surface area contributed by atoms with E-state index in [9.17, 15) is 9.59 Å². The molecule has 1 aliphatic heterocycles. The average molecular weight is 666 g/mol. The Balaban J connectivity index is 1.39. The number of methoxy groups -OCH3 is 1. The lowest BCUT2D eigenvalue weighted by Crippen LogP contribution is -2.40. The van der Waals surface area contributed by atoms with E-state index >= 15 is 0 Å². The molecule has 0 amide bonds. The van der Waals surface area contributed by atoms with Crippen LogP contribution in [0.4, 0.5) is 0 Å². The van der Waals surface area contributed by atoms with Crippen LogP contribution in [-0.4, -0.2) is 28.8 Å². The molecule has 4 aromatic carbocycles. The van der Waals surface area contributed by atoms with Crippen molar-refractivity contribution in [2.24, 2.45) is 4.99 Å². The monoisotopic (exact) mass is 665 g/mol. The predicted octanol–water partition coefficient (Wildman–Crippen LogP) is 7.02. The van der Waals surface area contributed by atoms with Crippen LogP contribution in [-0.2, 0) is 9.53 Å². The smallest absolute Gasteiger partial charge is 0.338 e. The van der Waals surface area contributed by atoms with Gasteiger partial charge < -0.3 is 14.0 Å². The van der Waals surface area contributed by atoms with Crippen molar-refractivity contribution in [3.63, 3.8) is 0 Å². The highest BCUT2D eigenvalue weighted by Crippen LogP contribution is 2.36. The molecule has 7 nitrogen and oxygen atoms in total. The van der Waals surface area contributed by atoms with Gasteiger partial charge in [0.15, 0.2) is 4.80 Å². The quantitative estimate of drug-likeness (QED) is 0.164. The molecule has 0 unspecified atom stereocenters. The lowest BCUT2D eigenvalue weighted by Gasteiger charge is -2.26. The van der Waals surface area contributed by atoms with Gasteiger partial charge in [-0.2, -0.15) is 0 Å². The standard InChI is InChI=1S/C41H35N3O4S/c1-5-48-40(46)36-37(30-15-10-7-11-16-30)42-41-44(38(36)31-17-12-18-34(24-31)47-4)39(45)35(49-41)25-32-23-26(2)43(27(32)3)33-21-19-29(20-22-33)28-13-8-6-9-14-28/h6-25,38H,5H2,1-4H3/b35-25-/t38-/m0/s1. The summed E-state index contributed by atoms with van der Waals surface area (Å²) >= 11 is 1.31. The van der Waals surface area contributed by atoms with Gasteiger partial charge in [0.05, 0.1) is 35.6 Å². The fourth-order valence-electron chi connectivity index (χ4n) is 6.47. The van der Waals surface area contributed by atoms with Crippen LogP contribution in [0.2, 0.25) is 0 Å². The molecule has 244 valence electrons. The zero-order valence-corrected chi connectivity index (χ0v) is 28.5. The number of hydrogen-bond donors (Lipinski definition) is 0. The third kappa shape index (κ3) is 5.96. The number of carbonyl (C=O) groups excluding carboxylic acids is 1. The summed E-state index contributed by atoms with van der Waals surface area (Å²) in [7, 11) is 1.59. The van der Waals surface area contributed by atoms with Gasteiger partial charge in [0.2, 0.25) is 0 Å². The minimum Gasteiger partial charge on any atom is -0.497 e. The Morgan fingerprint density at radius 1 is 0.857 bits per heavy atom. The van der Waals surface area contributed by atoms with Crippen molar-refractivity contribution in [3.05, 3.63) is 169 Å². The van der Waals surface area contributed by atoms with Gasteiger partial charge in [0.1, 0.15) is 5.75 Å². The molecule has 2 aromatic heterocycles. The van der Waals surface area contributed by atoms with Crippen LogP contribution >= 0.6 is 11.3 Å². The van der Waals surface area contributed by atoms with E-state index in [1.165, 1.54) is 16.9 Å². The zero-order valence-electron chi connectivity index (χ0n) is 27.7. The Labute approximate surface area is 288 Å². The van der Waals surface area contributed by atoms with Gasteiger partial charge in [0.25, 0.3) is 5.56 Å². The van der Waals surface area contributed by atoms with Crippen molar-refractivity contribution < 1.29 is 14.3 Å². The summed E-state index contributed by atoms with van der Waals surface area (Å²) in [6, 6.07) is 37.1. The highest BCUT2D eigenvalue weighted by atomic mass is 32.1. The second-order valence-electron chi connectivity index (χ2n) is 11.8. The Morgan fingerprint density at radius 2 is 1.53 bits per heavy atom. The van der Waals surface area contributed by atoms with Gasteiger partial charge in [-0.3, -0.25) is 9.36 Å². The summed E-state index contributed by atoms with van der Waals surface area (Å²) in [5, 5.41) is 0. The summed E-state index contributed by atoms with van der Waals surface area (Å²) in [4.78, 5) is 33.7. The Morgan fingerprint density at radius 3 is 2.20 bits per heavy atom. The highest BCUT2D eigenvalue weighted by Gasteiger charge is 2.35. The van der Waals surface area contributed by atoms with E-state index in [2.05, 4.69) is 60.9 Å². The summed E-state index contributed by atoms with van der Waals surface area (Å²) < 4.78 is 15.5. The lowest BCUT2D eigenvalue weighted by atomic mass is 9.93. The summed E-state index contributed by atoms with van der Waals surface area (Å²) in [6.45, 7) is 6.08. The second kappa shape index (κ2) is 13.4. The van der Waals surface area contributed by atoms with E-state index in [0.29, 0.717) is 26.4 Å². The fraction of sp³-hybridized carbons (Fsp3) is 0.146. The van der Waals surface area contributed by atoms with Crippen molar-refractivity contribution >= 4 is 29.1 Å². The minimum atomic E-state index is -0.779. The first-order valence-electron chi connectivity index (χ1n) is 16.1. The third-order valence-corrected chi connectivity index (χ3v) is 9.76. The fourth-order valence-corrected chi connectivity index (χ4v) is 7.47. The molecule has 0 saturated heterocycles. The number of ether oxygens (including phenoxy) is 2. The number of fused-ring (bicyclic) bond motifs is 1. The van der Waals surface area contributed by atoms with Crippen molar-refractivity contribution in [2.45, 2.75) is 26.8 Å². The van der Waals surface area contributed by atoms with Crippen LogP contribution in [0.1, 0.15) is 41.0 Å². The molecule has 6 aromatic rings. The number of nitrogens with zero attached hydrogens (tertiary/aromatic N) is 3. The van der Waals surface area contributed by atoms with Crippen LogP contribution in [0, 0.1) is 13.8 Å². The maximum absolute atomic E-state index is 14.4. The molecule has 0 N–H and O–H groups in total. The molecule has 0 saturated carbocycles. The number of aryl methyl sites for hydroxylation is 1. The molecule has 0 spiro atoms. The maximum atomic E-state index is 14.4. The van der Waals surface area contributed by atoms with Crippen LogP contribution in [0.15, 0.2) is 131 Å². The van der Waals surface area contributed by atoms with Gasteiger partial charge in [0, 0.05) is 22.6 Å². The van der Waals surface area contributed by atoms with Crippen molar-refractivity contribution in [2.75, 3.05) is 13.7 Å². The number of aromatic nitrogens is 2. The van der Waals surface area contributed by atoms with Crippen molar-refractivity contribution in [3.8, 4) is 22.6 Å². The van der Waals surface area contributed by atoms with Crippen LogP contribution in [0.3, 0.4) is 0 Å². The van der Waals surface area contributed by atoms with Crippen LogP contribution < -0.4 is 19.6 Å². The van der Waals surface area contributed by atoms with E-state index in [4.69, 9.17) is 14.5 Å². The average Bonchev–Trinajstić information content (AvgIpc) is 3.60.